The fourth-order valence-corrected chi connectivity index (χ4v) is 6.87. The van der Waals surface area contributed by atoms with E-state index in [-0.39, 0.29) is 22.5 Å². The molecule has 1 N–H and O–H groups in total. The van der Waals surface area contributed by atoms with Gasteiger partial charge in [0.05, 0.1) is 34.8 Å². The summed E-state index contributed by atoms with van der Waals surface area (Å²) in [5.41, 5.74) is 2.00. The number of halogens is 2. The Bertz CT molecular complexity index is 1640. The molecule has 0 aliphatic heterocycles. The number of hydrogen-bond donors (Lipinski definition) is 1. The number of aromatic carboxylic acids is 1. The van der Waals surface area contributed by atoms with Crippen molar-refractivity contribution < 1.29 is 28.4 Å². The summed E-state index contributed by atoms with van der Waals surface area (Å²) < 4.78 is 23.4. The summed E-state index contributed by atoms with van der Waals surface area (Å²) >= 11 is 13.0. The predicted molar refractivity (Wildman–Crippen MR) is 150 cm³/mol. The fourth-order valence-electron chi connectivity index (χ4n) is 6.32. The number of carboxylic acid groups (broad SMARTS) is 1. The Hall–Kier alpha value is -3.54. The molecule has 2 bridgehead atoms. The smallest absolute Gasteiger partial charge is 0.341 e. The van der Waals surface area contributed by atoms with Crippen molar-refractivity contribution in [3.63, 3.8) is 0 Å². The average Bonchev–Trinajstić information content (AvgIpc) is 3.56. The van der Waals surface area contributed by atoms with Crippen molar-refractivity contribution in [2.45, 2.75) is 74.9 Å². The van der Waals surface area contributed by atoms with Gasteiger partial charge in [0, 0.05) is 41.2 Å². The Labute approximate surface area is 250 Å². The first kappa shape index (κ1) is 27.3. The van der Waals surface area contributed by atoms with Crippen LogP contribution in [0.25, 0.3) is 22.6 Å². The van der Waals surface area contributed by atoms with Crippen LogP contribution < -0.4 is 4.74 Å². The first-order chi connectivity index (χ1) is 20.3. The van der Waals surface area contributed by atoms with Crippen molar-refractivity contribution in [3.8, 4) is 28.5 Å². The molecule has 4 saturated carbocycles. The molecule has 42 heavy (non-hydrogen) atoms. The predicted octanol–water partition coefficient (Wildman–Crippen LogP) is 6.63. The maximum atomic E-state index is 11.6. The van der Waals surface area contributed by atoms with Crippen LogP contribution in [0, 0.1) is 0 Å². The Kier molecular flexibility index (Phi) is 6.71. The van der Waals surface area contributed by atoms with Gasteiger partial charge in [-0.3, -0.25) is 4.98 Å². The zero-order chi connectivity index (χ0) is 29.1. The third kappa shape index (κ3) is 4.63. The lowest BCUT2D eigenvalue weighted by atomic mass is 9.58. The van der Waals surface area contributed by atoms with E-state index in [0.29, 0.717) is 51.1 Å². The van der Waals surface area contributed by atoms with Crippen LogP contribution in [-0.2, 0) is 16.8 Å². The lowest BCUT2D eigenvalue weighted by Crippen LogP contribution is -2.49. The van der Waals surface area contributed by atoms with Gasteiger partial charge in [0.2, 0.25) is 17.6 Å². The first-order valence-electron chi connectivity index (χ1n) is 13.9. The van der Waals surface area contributed by atoms with Crippen molar-refractivity contribution in [2.24, 2.45) is 0 Å². The van der Waals surface area contributed by atoms with Crippen molar-refractivity contribution in [3.05, 3.63) is 57.5 Å². The number of hydrogen-bond acceptors (Lipinski definition) is 10. The number of carbonyl (C=O) groups is 1. The van der Waals surface area contributed by atoms with Crippen LogP contribution in [0.5, 0.6) is 5.88 Å². The van der Waals surface area contributed by atoms with Crippen LogP contribution in [0.4, 0.5) is 0 Å². The number of nitrogens with zero attached hydrogens (tertiary/aromatic N) is 5. The van der Waals surface area contributed by atoms with Gasteiger partial charge < -0.3 is 23.6 Å². The molecule has 4 aliphatic rings. The SMILES string of the molecule is COc1ncc(-c2noc(C34CCC(OCc5c(-c6c(Cl)cncc6Cl)noc5C5CC5)(CC3)CC4)n2)cc1C(=O)O. The quantitative estimate of drug-likeness (QED) is 0.217. The number of ether oxygens (including phenoxy) is 2. The molecule has 0 spiro atoms. The van der Waals surface area contributed by atoms with Gasteiger partial charge in [0.25, 0.3) is 0 Å². The van der Waals surface area contributed by atoms with E-state index in [0.717, 1.165) is 62.7 Å². The molecule has 8 rings (SSSR count). The summed E-state index contributed by atoms with van der Waals surface area (Å²) in [6.07, 6.45) is 11.7. The van der Waals surface area contributed by atoms with Crippen molar-refractivity contribution in [1.82, 2.24) is 25.3 Å². The molecule has 0 aromatic carbocycles. The summed E-state index contributed by atoms with van der Waals surface area (Å²) in [7, 11) is 1.37. The molecule has 4 fully saturated rings. The Balaban J connectivity index is 1.08. The summed E-state index contributed by atoms with van der Waals surface area (Å²) in [5.74, 6) is 0.942. The van der Waals surface area contributed by atoms with E-state index in [2.05, 4.69) is 20.3 Å². The standard InChI is InChI=1S/C29H27Cl2N5O6/c1-39-25-17(26(37)38)10-16(11-33-25)24-34-27(42-36-24)28-4-7-29(8-5-28,9-6-28)40-14-18-22(35-41-23(18)15-2-3-15)21-19(30)12-32-13-20(21)31/h10-13,15H,2-9,14H2,1H3,(H,37,38). The van der Waals surface area contributed by atoms with Crippen LogP contribution >= 0.6 is 23.2 Å². The average molecular weight is 612 g/mol. The van der Waals surface area contributed by atoms with Gasteiger partial charge in [-0.1, -0.05) is 33.5 Å². The van der Waals surface area contributed by atoms with E-state index in [1.54, 1.807) is 12.4 Å². The maximum Gasteiger partial charge on any atom is 0.341 e. The Morgan fingerprint density at radius 3 is 2.40 bits per heavy atom. The van der Waals surface area contributed by atoms with Gasteiger partial charge in [-0.05, 0) is 57.4 Å². The molecule has 0 amide bonds. The summed E-state index contributed by atoms with van der Waals surface area (Å²) in [6.45, 7) is 0.355. The van der Waals surface area contributed by atoms with Crippen LogP contribution in [0.15, 0.2) is 33.7 Å². The number of carboxylic acids is 1. The van der Waals surface area contributed by atoms with Crippen molar-refractivity contribution in [1.29, 1.82) is 0 Å². The summed E-state index contributed by atoms with van der Waals surface area (Å²) in [4.78, 5) is 24.5. The second kappa shape index (κ2) is 10.3. The molecule has 11 nitrogen and oxygen atoms in total. The Morgan fingerprint density at radius 2 is 1.76 bits per heavy atom. The number of pyridine rings is 2. The lowest BCUT2D eigenvalue weighted by Gasteiger charge is -2.51. The molecule has 0 unspecified atom stereocenters. The lowest BCUT2D eigenvalue weighted by molar-refractivity contribution is -0.130. The van der Waals surface area contributed by atoms with Gasteiger partial charge in [0.15, 0.2) is 0 Å². The van der Waals surface area contributed by atoms with Crippen LogP contribution in [-0.4, -0.2) is 49.1 Å². The van der Waals surface area contributed by atoms with Crippen LogP contribution in [0.2, 0.25) is 10.0 Å². The number of aromatic nitrogens is 5. The highest BCUT2D eigenvalue weighted by atomic mass is 35.5. The van der Waals surface area contributed by atoms with E-state index < -0.39 is 5.97 Å². The third-order valence-corrected chi connectivity index (χ3v) is 9.54. The van der Waals surface area contributed by atoms with Crippen LogP contribution in [0.1, 0.15) is 84.9 Å². The van der Waals surface area contributed by atoms with Crippen molar-refractivity contribution >= 4 is 29.2 Å². The molecule has 4 aliphatic carbocycles. The van der Waals surface area contributed by atoms with Gasteiger partial charge in [-0.25, -0.2) is 9.78 Å². The van der Waals surface area contributed by atoms with E-state index in [4.69, 9.17) is 46.7 Å². The highest BCUT2D eigenvalue weighted by molar-refractivity contribution is 6.38. The molecule has 0 radical (unpaired) electrons. The first-order valence-corrected chi connectivity index (χ1v) is 14.6. The molecule has 218 valence electrons. The topological polar surface area (TPSA) is 146 Å². The molecule has 4 aromatic rings. The van der Waals surface area contributed by atoms with Gasteiger partial charge >= 0.3 is 5.97 Å². The number of rotatable bonds is 9. The largest absolute Gasteiger partial charge is 0.480 e. The molecule has 0 saturated heterocycles. The number of methoxy groups -OCH3 is 1. The second-order valence-electron chi connectivity index (χ2n) is 11.4. The molecular formula is C29H27Cl2N5O6. The third-order valence-electron chi connectivity index (χ3n) is 8.97. The minimum absolute atomic E-state index is 0.0269. The second-order valence-corrected chi connectivity index (χ2v) is 12.2. The van der Waals surface area contributed by atoms with E-state index >= 15 is 0 Å². The zero-order valence-corrected chi connectivity index (χ0v) is 24.2. The zero-order valence-electron chi connectivity index (χ0n) is 22.7. The van der Waals surface area contributed by atoms with Gasteiger partial charge in [-0.2, -0.15) is 4.98 Å². The van der Waals surface area contributed by atoms with Crippen LogP contribution in [0.3, 0.4) is 0 Å². The molecule has 0 atom stereocenters. The van der Waals surface area contributed by atoms with E-state index in [1.807, 2.05) is 0 Å². The fraction of sp³-hybridized carbons (Fsp3) is 0.448. The van der Waals surface area contributed by atoms with Gasteiger partial charge in [-0.15, -0.1) is 0 Å². The minimum atomic E-state index is -1.14. The summed E-state index contributed by atoms with van der Waals surface area (Å²) in [6, 6.07) is 1.45. The molecule has 13 heteroatoms. The normalized spacial score (nSPS) is 23.3. The van der Waals surface area contributed by atoms with Crippen molar-refractivity contribution in [2.75, 3.05) is 7.11 Å². The van der Waals surface area contributed by atoms with Gasteiger partial charge in [0.1, 0.15) is 17.0 Å². The minimum Gasteiger partial charge on any atom is -0.480 e. The molecule has 4 heterocycles. The highest BCUT2D eigenvalue weighted by Gasteiger charge is 2.53. The maximum absolute atomic E-state index is 11.6. The van der Waals surface area contributed by atoms with E-state index in [9.17, 15) is 9.90 Å². The Morgan fingerprint density at radius 1 is 1.05 bits per heavy atom. The highest BCUT2D eigenvalue weighted by Crippen LogP contribution is 2.55. The monoisotopic (exact) mass is 611 g/mol. The van der Waals surface area contributed by atoms with E-state index in [1.165, 1.54) is 19.4 Å². The number of fused-ring (bicyclic) bond motifs is 3. The molecule has 4 aromatic heterocycles. The summed E-state index contributed by atoms with van der Waals surface area (Å²) in [5, 5.41) is 18.9. The molecular weight excluding hydrogens is 585 g/mol.